The van der Waals surface area contributed by atoms with E-state index in [4.69, 9.17) is 48.7 Å². The van der Waals surface area contributed by atoms with Crippen LogP contribution in [0.25, 0.3) is 11.0 Å². The molecule has 0 saturated carbocycles. The van der Waals surface area contributed by atoms with Crippen molar-refractivity contribution in [3.05, 3.63) is 72.1 Å². The van der Waals surface area contributed by atoms with E-state index in [2.05, 4.69) is 33.2 Å². The highest BCUT2D eigenvalue weighted by molar-refractivity contribution is 7.48. The third-order valence-electron chi connectivity index (χ3n) is 14.4. The Morgan fingerprint density at radius 2 is 1.14 bits per heavy atom. The molecule has 0 radical (unpaired) electrons. The van der Waals surface area contributed by atoms with Gasteiger partial charge in [-0.15, -0.1) is 0 Å². The Labute approximate surface area is 466 Å². The fourth-order valence-corrected chi connectivity index (χ4v) is 11.2. The van der Waals surface area contributed by atoms with Crippen LogP contribution in [0, 0.1) is 34.0 Å². The third-order valence-corrected chi connectivity index (χ3v) is 15.8. The number of fused-ring (bicyclic) bond motifs is 2. The molecule has 2 fully saturated rings. The van der Waals surface area contributed by atoms with Gasteiger partial charge in [0.25, 0.3) is 0 Å². The van der Waals surface area contributed by atoms with Crippen LogP contribution in [0.3, 0.4) is 0 Å². The summed E-state index contributed by atoms with van der Waals surface area (Å²) < 4.78 is 65.8. The first-order valence-electron chi connectivity index (χ1n) is 27.7. The number of nitriles is 3. The zero-order chi connectivity index (χ0) is 57.3. The van der Waals surface area contributed by atoms with Crippen LogP contribution in [-0.4, -0.2) is 131 Å². The molecule has 25 heteroatoms. The Kier molecular flexibility index (Phi) is 22.4. The summed E-state index contributed by atoms with van der Waals surface area (Å²) in [5.41, 5.74) is 8.38. The van der Waals surface area contributed by atoms with Crippen molar-refractivity contribution in [2.24, 2.45) is 0 Å². The molecule has 2 aliphatic heterocycles. The molecule has 8 N–H and O–H groups in total. The molecule has 5 aromatic rings. The number of nitrogens with zero attached hydrogens (tertiary/aromatic N) is 9. The van der Waals surface area contributed by atoms with E-state index in [1.807, 2.05) is 26.0 Å². The van der Waals surface area contributed by atoms with Crippen LogP contribution in [0.1, 0.15) is 140 Å². The minimum Gasteiger partial charge on any atom is -0.489 e. The van der Waals surface area contributed by atoms with E-state index in [0.29, 0.717) is 6.61 Å². The number of aliphatic hydroxyl groups excluding tert-OH is 4. The van der Waals surface area contributed by atoms with Crippen LogP contribution in [0.15, 0.2) is 55.1 Å². The summed E-state index contributed by atoms with van der Waals surface area (Å²) in [7, 11) is -5.01. The van der Waals surface area contributed by atoms with E-state index in [1.165, 1.54) is 122 Å². The van der Waals surface area contributed by atoms with Crippen molar-refractivity contribution >= 4 is 30.5 Å². The highest BCUT2D eigenvalue weighted by Crippen LogP contribution is 2.52. The highest BCUT2D eigenvalue weighted by Gasteiger charge is 2.60. The quantitative estimate of drug-likeness (QED) is 0.0181. The van der Waals surface area contributed by atoms with Crippen LogP contribution < -0.4 is 20.9 Å². The molecular weight excluding hydrogens is 1050 g/mol. The van der Waals surface area contributed by atoms with Crippen molar-refractivity contribution in [3.8, 4) is 29.7 Å². The lowest BCUT2D eigenvalue weighted by atomic mass is 9.92. The van der Waals surface area contributed by atoms with E-state index in [0.717, 1.165) is 38.3 Å². The second kappa shape index (κ2) is 29.1. The number of phosphoric ester groups is 1. The van der Waals surface area contributed by atoms with Gasteiger partial charge < -0.3 is 55.6 Å². The smallest absolute Gasteiger partial charge is 0.475 e. The lowest BCUT2D eigenvalue weighted by molar-refractivity contribution is -0.0756. The zero-order valence-electron chi connectivity index (χ0n) is 45.8. The summed E-state index contributed by atoms with van der Waals surface area (Å²) >= 11 is 0. The predicted molar refractivity (Wildman–Crippen MR) is 290 cm³/mol. The molecule has 0 aliphatic carbocycles. The van der Waals surface area contributed by atoms with Gasteiger partial charge in [-0.25, -0.2) is 23.6 Å². The minimum absolute atomic E-state index is 0.00465. The van der Waals surface area contributed by atoms with Gasteiger partial charge in [0.2, 0.25) is 11.2 Å². The van der Waals surface area contributed by atoms with Crippen LogP contribution in [-0.2, 0) is 43.5 Å². The molecule has 6 heterocycles. The molecule has 0 spiro atoms. The number of benzene rings is 1. The first kappa shape index (κ1) is 61.6. The number of phosphoric acid groups is 1. The number of nitrogen functional groups attached to an aromatic ring is 2. The Bertz CT molecular complexity index is 2830. The van der Waals surface area contributed by atoms with Crippen LogP contribution in [0.2, 0.25) is 0 Å². The van der Waals surface area contributed by atoms with Crippen LogP contribution >= 0.6 is 7.82 Å². The summed E-state index contributed by atoms with van der Waals surface area (Å²) in [5, 5.41) is 85.0. The third kappa shape index (κ3) is 14.7. The second-order valence-electron chi connectivity index (χ2n) is 20.6. The summed E-state index contributed by atoms with van der Waals surface area (Å²) in [6, 6.07) is 16.5. The molecule has 4 aromatic heterocycles. The number of hydrogen-bond donors (Lipinski definition) is 6. The van der Waals surface area contributed by atoms with Crippen molar-refractivity contribution in [2.45, 2.75) is 184 Å². The average molecular weight is 1130 g/mol. The number of nitrogens with two attached hydrogens (primary N) is 2. The monoisotopic (exact) mass is 1130 g/mol. The van der Waals surface area contributed by atoms with E-state index >= 15 is 4.57 Å². The molecule has 2 aliphatic rings. The molecule has 7 rings (SSSR count). The lowest BCUT2D eigenvalue weighted by Crippen LogP contribution is -2.41. The fraction of sp³-hybridized carbons (Fsp3) is 0.618. The Hall–Kier alpha value is -6.04. The number of anilines is 2. The van der Waals surface area contributed by atoms with E-state index < -0.39 is 81.6 Å². The first-order chi connectivity index (χ1) is 38.6. The van der Waals surface area contributed by atoms with Gasteiger partial charge in [-0.2, -0.15) is 26.0 Å². The molecule has 24 nitrogen and oxygen atoms in total. The standard InChI is InChI=1S/C55H76N11O13P/c1-4-5-6-7-8-9-10-11-12-13-14-15-16-17-18-19-26-72-29-40(77-39-21-20-38(28-56)43(27-39)76-37(2)3)30-73-80(71,74-31-44-48(67)50(69)54(33-57,78-44)46-24-22-41-52(59)61-35-63-65(41)46)75-32-45-49(68)51(70)55(34-58,79-45)47-25-23-42-53(60)62-36-64-66(42)47/h20-25,27,35-37,40,44-45,48-51,67-70H,4-19,26,29-32H2,1-3H3,(H2,59,61,63)(H2,60,62,64)/t40-,44-,45-,48-,49-,50-,51-,54+,55+/m1/s1. The summed E-state index contributed by atoms with van der Waals surface area (Å²) in [5.74, 6) is 0.640. The number of aromatic nitrogens is 6. The van der Waals surface area contributed by atoms with Gasteiger partial charge in [0.15, 0.2) is 11.6 Å². The van der Waals surface area contributed by atoms with E-state index in [9.17, 15) is 36.2 Å². The van der Waals surface area contributed by atoms with Crippen LogP contribution in [0.4, 0.5) is 11.6 Å². The molecule has 80 heavy (non-hydrogen) atoms. The summed E-state index contributed by atoms with van der Waals surface area (Å²) in [6.45, 7) is 3.92. The number of hydrogen-bond acceptors (Lipinski definition) is 22. The molecule has 0 amide bonds. The van der Waals surface area contributed by atoms with Gasteiger partial charge >= 0.3 is 7.82 Å². The van der Waals surface area contributed by atoms with Crippen molar-refractivity contribution < 1.29 is 62.2 Å². The second-order valence-corrected chi connectivity index (χ2v) is 22.3. The van der Waals surface area contributed by atoms with Gasteiger partial charge in [0.1, 0.15) is 96.1 Å². The van der Waals surface area contributed by atoms with Gasteiger partial charge in [0.05, 0.1) is 49.5 Å². The number of rotatable bonds is 34. The Morgan fingerprint density at radius 3 is 1.59 bits per heavy atom. The molecule has 0 unspecified atom stereocenters. The molecule has 2 saturated heterocycles. The zero-order valence-corrected chi connectivity index (χ0v) is 46.6. The molecule has 434 valence electrons. The van der Waals surface area contributed by atoms with E-state index in [1.54, 1.807) is 6.07 Å². The van der Waals surface area contributed by atoms with Crippen LogP contribution in [0.5, 0.6) is 11.5 Å². The number of aliphatic hydroxyl groups is 4. The maximum atomic E-state index is 15.1. The van der Waals surface area contributed by atoms with Crippen molar-refractivity contribution in [2.75, 3.05) is 44.5 Å². The highest BCUT2D eigenvalue weighted by atomic mass is 31.2. The van der Waals surface area contributed by atoms with Crippen molar-refractivity contribution in [1.82, 2.24) is 29.2 Å². The molecular formula is C55H76N11O13P. The fourth-order valence-electron chi connectivity index (χ4n) is 10.0. The van der Waals surface area contributed by atoms with Crippen molar-refractivity contribution in [1.29, 1.82) is 15.8 Å². The maximum Gasteiger partial charge on any atom is 0.475 e. The van der Waals surface area contributed by atoms with Crippen molar-refractivity contribution in [3.63, 3.8) is 0 Å². The number of ether oxygens (including phenoxy) is 5. The average Bonchev–Trinajstić information content (AvgIpc) is 4.36. The maximum absolute atomic E-state index is 15.1. The lowest BCUT2D eigenvalue weighted by Gasteiger charge is -2.26. The topological polar surface area (TPSA) is 356 Å². The van der Waals surface area contributed by atoms with Gasteiger partial charge in [-0.3, -0.25) is 13.6 Å². The molecule has 0 bridgehead atoms. The summed E-state index contributed by atoms with van der Waals surface area (Å²) in [6.07, 6.45) is 9.82. The first-order valence-corrected chi connectivity index (χ1v) is 29.2. The predicted octanol–water partition coefficient (Wildman–Crippen LogP) is 6.86. The van der Waals surface area contributed by atoms with Gasteiger partial charge in [-0.05, 0) is 56.7 Å². The normalized spacial score (nSPS) is 23.4. The molecule has 1 aromatic carbocycles. The van der Waals surface area contributed by atoms with Gasteiger partial charge in [-0.1, -0.05) is 103 Å². The van der Waals surface area contributed by atoms with Gasteiger partial charge in [0, 0.05) is 12.7 Å². The largest absolute Gasteiger partial charge is 0.489 e. The molecule has 9 atom stereocenters. The SMILES string of the molecule is CCCCCCCCCCCCCCCCCCOC[C@H](COP(=O)(OC[C@H]1O[C@@](C#N)(c2ccc3c(N)ncnn23)[C@H](O)[C@@H]1O)OC[C@H]1O[C@@](C#N)(c2ccc3c(N)ncnn23)[C@H](O)[C@@H]1O)Oc1ccc(C#N)c(OC(C)C)c1. The van der Waals surface area contributed by atoms with E-state index in [-0.39, 0.29) is 63.8 Å². The Morgan fingerprint density at radius 1 is 0.662 bits per heavy atom. The number of unbranched alkanes of at least 4 members (excludes halogenated alkanes) is 15. The minimum atomic E-state index is -5.01. The summed E-state index contributed by atoms with van der Waals surface area (Å²) in [4.78, 5) is 7.92. The Balaban J connectivity index is 1.04.